The molecule has 0 rings (SSSR count). The quantitative estimate of drug-likeness (QED) is 0.314. The van der Waals surface area contributed by atoms with Crippen LogP contribution in [0.15, 0.2) is 5.11 Å². The molecule has 0 radical (unpaired) electrons. The maximum absolute atomic E-state index is 11.3. The second-order valence-corrected chi connectivity index (χ2v) is 6.32. The van der Waals surface area contributed by atoms with Gasteiger partial charge in [-0.3, -0.25) is 4.79 Å². The molecule has 0 aliphatic heterocycles. The Kier molecular flexibility index (Phi) is 5.26. The Morgan fingerprint density at radius 1 is 1.44 bits per heavy atom. The first-order chi connectivity index (χ1) is 7.16. The van der Waals surface area contributed by atoms with Crippen LogP contribution in [0.4, 0.5) is 0 Å². The molecule has 0 unspecified atom stereocenters. The number of carbonyl (C=O) groups excluding carboxylic acids is 1. The van der Waals surface area contributed by atoms with Gasteiger partial charge in [0.2, 0.25) is 0 Å². The van der Waals surface area contributed by atoms with Crippen molar-refractivity contribution < 1.29 is 17.9 Å². The zero-order valence-electron chi connectivity index (χ0n) is 9.50. The lowest BCUT2D eigenvalue weighted by Crippen LogP contribution is -2.29. The van der Waals surface area contributed by atoms with E-state index >= 15 is 0 Å². The van der Waals surface area contributed by atoms with E-state index in [-0.39, 0.29) is 12.3 Å². The molecule has 0 aliphatic rings. The first-order valence-corrected chi connectivity index (χ1v) is 6.41. The first-order valence-electron chi connectivity index (χ1n) is 4.59. The van der Waals surface area contributed by atoms with Crippen molar-refractivity contribution in [3.63, 3.8) is 0 Å². The highest BCUT2D eigenvalue weighted by atomic mass is 32.2. The average molecular weight is 249 g/mol. The average Bonchev–Trinajstić information content (AvgIpc) is 1.98. The second kappa shape index (κ2) is 5.72. The zero-order chi connectivity index (χ0) is 12.8. The number of sulfone groups is 1. The fourth-order valence-corrected chi connectivity index (χ4v) is 1.77. The van der Waals surface area contributed by atoms with E-state index in [9.17, 15) is 13.2 Å². The molecule has 7 nitrogen and oxygen atoms in total. The van der Waals surface area contributed by atoms with Crippen molar-refractivity contribution in [3.05, 3.63) is 10.4 Å². The predicted molar refractivity (Wildman–Crippen MR) is 58.5 cm³/mol. The molecule has 0 N–H and O–H groups in total. The van der Waals surface area contributed by atoms with Crippen LogP contribution in [0.1, 0.15) is 20.8 Å². The molecule has 0 saturated heterocycles. The van der Waals surface area contributed by atoms with Crippen molar-refractivity contribution in [2.45, 2.75) is 26.4 Å². The number of carbonyl (C=O) groups is 1. The Balaban J connectivity index is 4.27. The van der Waals surface area contributed by atoms with E-state index in [0.717, 1.165) is 0 Å². The molecule has 0 aliphatic carbocycles. The van der Waals surface area contributed by atoms with Gasteiger partial charge < -0.3 is 4.74 Å². The van der Waals surface area contributed by atoms with E-state index in [1.54, 1.807) is 20.8 Å². The van der Waals surface area contributed by atoms with Crippen LogP contribution in [0, 0.1) is 0 Å². The van der Waals surface area contributed by atoms with Gasteiger partial charge in [-0.2, -0.15) is 0 Å². The van der Waals surface area contributed by atoms with Gasteiger partial charge in [-0.1, -0.05) is 5.11 Å². The van der Waals surface area contributed by atoms with Crippen LogP contribution in [0.5, 0.6) is 0 Å². The topological polar surface area (TPSA) is 109 Å². The maximum Gasteiger partial charge on any atom is 0.321 e. The third-order valence-corrected chi connectivity index (χ3v) is 2.80. The monoisotopic (exact) mass is 249 g/mol. The summed E-state index contributed by atoms with van der Waals surface area (Å²) in [6.07, 6.45) is 0. The number of hydrogen-bond donors (Lipinski definition) is 0. The number of esters is 1. The SMILES string of the molecule is CC(C)(C)OC(=O)CS(=O)(=O)CCN=[N+]=[N-]. The summed E-state index contributed by atoms with van der Waals surface area (Å²) in [7, 11) is -3.56. The van der Waals surface area contributed by atoms with Gasteiger partial charge >= 0.3 is 5.97 Å². The van der Waals surface area contributed by atoms with Gasteiger partial charge in [0.15, 0.2) is 9.84 Å². The molecule has 16 heavy (non-hydrogen) atoms. The number of ether oxygens (including phenoxy) is 1. The van der Waals surface area contributed by atoms with Gasteiger partial charge in [-0.05, 0) is 26.3 Å². The van der Waals surface area contributed by atoms with Crippen molar-refractivity contribution in [1.29, 1.82) is 0 Å². The van der Waals surface area contributed by atoms with Gasteiger partial charge in [0, 0.05) is 11.5 Å². The Bertz CT molecular complexity index is 390. The van der Waals surface area contributed by atoms with E-state index in [1.165, 1.54) is 0 Å². The van der Waals surface area contributed by atoms with Gasteiger partial charge in [-0.15, -0.1) is 0 Å². The summed E-state index contributed by atoms with van der Waals surface area (Å²) >= 11 is 0. The molecule has 8 heteroatoms. The van der Waals surface area contributed by atoms with Crippen molar-refractivity contribution in [2.75, 3.05) is 18.1 Å². The van der Waals surface area contributed by atoms with Crippen LogP contribution < -0.4 is 0 Å². The molecule has 0 fully saturated rings. The third-order valence-electron chi connectivity index (χ3n) is 1.32. The molecule has 0 spiro atoms. The lowest BCUT2D eigenvalue weighted by Gasteiger charge is -2.19. The minimum absolute atomic E-state index is 0.179. The highest BCUT2D eigenvalue weighted by Gasteiger charge is 2.22. The van der Waals surface area contributed by atoms with Gasteiger partial charge in [0.25, 0.3) is 0 Å². The summed E-state index contributed by atoms with van der Waals surface area (Å²) in [6, 6.07) is 0. The Labute approximate surface area is 94.3 Å². The highest BCUT2D eigenvalue weighted by molar-refractivity contribution is 7.92. The number of nitrogens with zero attached hydrogens (tertiary/aromatic N) is 3. The smallest absolute Gasteiger partial charge is 0.321 e. The lowest BCUT2D eigenvalue weighted by atomic mass is 10.2. The highest BCUT2D eigenvalue weighted by Crippen LogP contribution is 2.07. The second-order valence-electron chi connectivity index (χ2n) is 4.13. The van der Waals surface area contributed by atoms with Crippen LogP contribution in [-0.4, -0.2) is 38.0 Å². The third kappa shape index (κ3) is 8.07. The van der Waals surface area contributed by atoms with Gasteiger partial charge in [-0.25, -0.2) is 8.42 Å². The summed E-state index contributed by atoms with van der Waals surface area (Å²) < 4.78 is 27.5. The van der Waals surface area contributed by atoms with E-state index in [1.807, 2.05) is 0 Å². The number of rotatable bonds is 5. The molecular formula is C8H15N3O4S. The zero-order valence-corrected chi connectivity index (χ0v) is 10.3. The van der Waals surface area contributed by atoms with Crippen LogP contribution in [0.2, 0.25) is 0 Å². The van der Waals surface area contributed by atoms with Crippen molar-refractivity contribution >= 4 is 15.8 Å². The van der Waals surface area contributed by atoms with E-state index in [2.05, 4.69) is 10.0 Å². The van der Waals surface area contributed by atoms with Crippen LogP contribution >= 0.6 is 0 Å². The minimum Gasteiger partial charge on any atom is -0.459 e. The fraction of sp³-hybridized carbons (Fsp3) is 0.875. The summed E-state index contributed by atoms with van der Waals surface area (Å²) in [6.45, 7) is 4.77. The fourth-order valence-electron chi connectivity index (χ4n) is 0.847. The number of azide groups is 1. The molecule has 0 atom stereocenters. The standard InChI is InChI=1S/C8H15N3O4S/c1-8(2,3)15-7(12)6-16(13,14)5-4-10-11-9/h4-6H2,1-3H3. The van der Waals surface area contributed by atoms with E-state index in [0.29, 0.717) is 0 Å². The van der Waals surface area contributed by atoms with Crippen molar-refractivity contribution in [2.24, 2.45) is 5.11 Å². The summed E-state index contributed by atoms with van der Waals surface area (Å²) in [4.78, 5) is 13.6. The van der Waals surface area contributed by atoms with Crippen LogP contribution in [0.3, 0.4) is 0 Å². The summed E-state index contributed by atoms with van der Waals surface area (Å²) in [5, 5.41) is 3.09. The first kappa shape index (κ1) is 14.7. The molecule has 0 aromatic carbocycles. The molecule has 0 saturated carbocycles. The largest absolute Gasteiger partial charge is 0.459 e. The van der Waals surface area contributed by atoms with Crippen molar-refractivity contribution in [1.82, 2.24) is 0 Å². The summed E-state index contributed by atoms with van der Waals surface area (Å²) in [5.41, 5.74) is 7.26. The van der Waals surface area contributed by atoms with Crippen molar-refractivity contribution in [3.8, 4) is 0 Å². The lowest BCUT2D eigenvalue weighted by molar-refractivity contribution is -0.151. The molecule has 0 bridgehead atoms. The van der Waals surface area contributed by atoms with Crippen LogP contribution in [-0.2, 0) is 19.4 Å². The van der Waals surface area contributed by atoms with Crippen LogP contribution in [0.25, 0.3) is 10.4 Å². The Morgan fingerprint density at radius 3 is 2.44 bits per heavy atom. The van der Waals surface area contributed by atoms with Gasteiger partial charge in [0.05, 0.1) is 5.75 Å². The molecular weight excluding hydrogens is 234 g/mol. The predicted octanol–water partition coefficient (Wildman–Crippen LogP) is 1.05. The number of hydrogen-bond acceptors (Lipinski definition) is 5. The normalized spacial score (nSPS) is 11.7. The van der Waals surface area contributed by atoms with E-state index < -0.39 is 27.2 Å². The molecule has 0 aromatic heterocycles. The van der Waals surface area contributed by atoms with Gasteiger partial charge in [0.1, 0.15) is 11.4 Å². The van der Waals surface area contributed by atoms with E-state index in [4.69, 9.17) is 10.3 Å². The Morgan fingerprint density at radius 2 is 2.00 bits per heavy atom. The molecule has 0 amide bonds. The molecule has 92 valence electrons. The molecule has 0 heterocycles. The maximum atomic E-state index is 11.3. The Hall–Kier alpha value is -1.27. The molecule has 0 aromatic rings. The minimum atomic E-state index is -3.56. The summed E-state index contributed by atoms with van der Waals surface area (Å²) in [5.74, 6) is -1.84.